The lowest BCUT2D eigenvalue weighted by molar-refractivity contribution is -0.388. The largest absolute Gasteiger partial charge is 0.478 e. The summed E-state index contributed by atoms with van der Waals surface area (Å²) in [5.41, 5.74) is 1.50. The number of aromatic carboxylic acids is 1. The zero-order valence-electron chi connectivity index (χ0n) is 11.4. The molecule has 0 saturated heterocycles. The molecule has 0 fully saturated rings. The molecule has 6 nitrogen and oxygen atoms in total. The Balaban J connectivity index is 2.46. The van der Waals surface area contributed by atoms with Gasteiger partial charge in [-0.1, -0.05) is 23.9 Å². The lowest BCUT2D eigenvalue weighted by Crippen LogP contribution is -2.01. The molecule has 0 unspecified atom stereocenters. The van der Waals surface area contributed by atoms with Crippen LogP contribution in [-0.4, -0.2) is 21.0 Å². The smallest absolute Gasteiger partial charge is 0.337 e. The summed E-state index contributed by atoms with van der Waals surface area (Å²) in [7, 11) is 0. The molecule has 0 amide bonds. The van der Waals surface area contributed by atoms with E-state index in [1.165, 1.54) is 0 Å². The van der Waals surface area contributed by atoms with E-state index in [-0.39, 0.29) is 16.3 Å². The van der Waals surface area contributed by atoms with E-state index >= 15 is 0 Å². The molecule has 0 aliphatic rings. The number of rotatable bonds is 4. The Labute approximate surface area is 125 Å². The van der Waals surface area contributed by atoms with Crippen LogP contribution in [0.25, 0.3) is 0 Å². The maximum Gasteiger partial charge on any atom is 0.337 e. The Kier molecular flexibility index (Phi) is 4.23. The van der Waals surface area contributed by atoms with Gasteiger partial charge in [0.2, 0.25) is 0 Å². The second kappa shape index (κ2) is 5.92. The van der Waals surface area contributed by atoms with Gasteiger partial charge >= 0.3 is 11.7 Å². The number of aryl methyl sites for hydroxylation is 2. The third-order valence-electron chi connectivity index (χ3n) is 2.83. The average molecular weight is 304 g/mol. The predicted octanol–water partition coefficient (Wildman–Crippen LogP) is 3.46. The Hall–Kier alpha value is -2.41. The number of carboxylic acids is 1. The fourth-order valence-electron chi connectivity index (χ4n) is 1.69. The minimum absolute atomic E-state index is 0.179. The highest BCUT2D eigenvalue weighted by Crippen LogP contribution is 2.35. The molecule has 0 radical (unpaired) electrons. The summed E-state index contributed by atoms with van der Waals surface area (Å²) >= 11 is 1.16. The number of nitro groups is 1. The number of carbonyl (C=O) groups is 1. The van der Waals surface area contributed by atoms with E-state index in [1.54, 1.807) is 0 Å². The van der Waals surface area contributed by atoms with Gasteiger partial charge < -0.3 is 5.11 Å². The van der Waals surface area contributed by atoms with Gasteiger partial charge in [-0.15, -0.1) is 0 Å². The van der Waals surface area contributed by atoms with Gasteiger partial charge in [-0.3, -0.25) is 10.1 Å². The Morgan fingerprint density at radius 1 is 1.33 bits per heavy atom. The minimum Gasteiger partial charge on any atom is -0.478 e. The van der Waals surface area contributed by atoms with Crippen LogP contribution in [0.3, 0.4) is 0 Å². The highest BCUT2D eigenvalue weighted by Gasteiger charge is 2.20. The Morgan fingerprint density at radius 2 is 2.05 bits per heavy atom. The van der Waals surface area contributed by atoms with Gasteiger partial charge in [0.25, 0.3) is 0 Å². The SMILES string of the molecule is Cc1ccc(C)c(Sc2ncc(C(=O)O)cc2[N+](=O)[O-])c1. The van der Waals surface area contributed by atoms with E-state index in [1.807, 2.05) is 32.0 Å². The van der Waals surface area contributed by atoms with Crippen LogP contribution in [0.1, 0.15) is 21.5 Å². The molecule has 7 heteroatoms. The number of pyridine rings is 1. The molecule has 0 saturated carbocycles. The molecular weight excluding hydrogens is 292 g/mol. The fourth-order valence-corrected chi connectivity index (χ4v) is 2.71. The van der Waals surface area contributed by atoms with Gasteiger partial charge in [0.15, 0.2) is 5.03 Å². The van der Waals surface area contributed by atoms with E-state index in [2.05, 4.69) is 4.98 Å². The van der Waals surface area contributed by atoms with Crippen molar-refractivity contribution >= 4 is 23.4 Å². The lowest BCUT2D eigenvalue weighted by atomic mass is 10.2. The topological polar surface area (TPSA) is 93.3 Å². The molecule has 1 heterocycles. The first kappa shape index (κ1) is 15.0. The normalized spacial score (nSPS) is 10.4. The molecule has 2 rings (SSSR count). The third-order valence-corrected chi connectivity index (χ3v) is 3.99. The monoisotopic (exact) mass is 304 g/mol. The summed E-state index contributed by atoms with van der Waals surface area (Å²) < 4.78 is 0. The standard InChI is InChI=1S/C14H12N2O4S/c1-8-3-4-9(2)12(5-8)21-13-11(16(19)20)6-10(7-15-13)14(17)18/h3-7H,1-2H3,(H,17,18). The molecule has 21 heavy (non-hydrogen) atoms. The Bertz CT molecular complexity index is 731. The molecule has 1 N–H and O–H groups in total. The van der Waals surface area contributed by atoms with E-state index in [0.29, 0.717) is 0 Å². The molecule has 0 bridgehead atoms. The third kappa shape index (κ3) is 3.38. The van der Waals surface area contributed by atoms with E-state index in [9.17, 15) is 14.9 Å². The molecule has 0 atom stereocenters. The molecule has 0 spiro atoms. The highest BCUT2D eigenvalue weighted by molar-refractivity contribution is 7.99. The number of aromatic nitrogens is 1. The molecule has 1 aromatic carbocycles. The average Bonchev–Trinajstić information content (AvgIpc) is 2.42. The van der Waals surface area contributed by atoms with Gasteiger partial charge in [-0.05, 0) is 31.0 Å². The van der Waals surface area contributed by atoms with Crippen LogP contribution in [0.2, 0.25) is 0 Å². The zero-order chi connectivity index (χ0) is 15.6. The van der Waals surface area contributed by atoms with Gasteiger partial charge in [0.1, 0.15) is 0 Å². The number of benzene rings is 1. The van der Waals surface area contributed by atoms with Crippen LogP contribution in [0.15, 0.2) is 40.4 Å². The molecule has 0 aliphatic heterocycles. The summed E-state index contributed by atoms with van der Waals surface area (Å²) in [4.78, 5) is 26.1. The summed E-state index contributed by atoms with van der Waals surface area (Å²) in [6.45, 7) is 3.83. The molecule has 0 aliphatic carbocycles. The molecular formula is C14H12N2O4S. The van der Waals surface area contributed by atoms with Gasteiger partial charge in [0.05, 0.1) is 10.5 Å². The lowest BCUT2D eigenvalue weighted by Gasteiger charge is -2.07. The molecule has 1 aromatic heterocycles. The predicted molar refractivity (Wildman–Crippen MR) is 77.9 cm³/mol. The maximum absolute atomic E-state index is 11.1. The van der Waals surface area contributed by atoms with Crippen molar-refractivity contribution < 1.29 is 14.8 Å². The molecule has 2 aromatic rings. The first-order valence-corrected chi connectivity index (χ1v) is 6.83. The first-order chi connectivity index (χ1) is 9.88. The van der Waals surface area contributed by atoms with Crippen molar-refractivity contribution in [3.05, 3.63) is 57.3 Å². The van der Waals surface area contributed by atoms with Crippen molar-refractivity contribution in [3.63, 3.8) is 0 Å². The second-order valence-electron chi connectivity index (χ2n) is 4.48. The fraction of sp³-hybridized carbons (Fsp3) is 0.143. The maximum atomic E-state index is 11.1. The van der Waals surface area contributed by atoms with Crippen LogP contribution in [0.5, 0.6) is 0 Å². The van der Waals surface area contributed by atoms with E-state index in [0.717, 1.165) is 40.0 Å². The first-order valence-electron chi connectivity index (χ1n) is 6.01. The van der Waals surface area contributed by atoms with Crippen molar-refractivity contribution in [2.24, 2.45) is 0 Å². The number of hydrogen-bond donors (Lipinski definition) is 1. The Morgan fingerprint density at radius 3 is 2.67 bits per heavy atom. The minimum atomic E-state index is -1.24. The van der Waals surface area contributed by atoms with Crippen LogP contribution < -0.4 is 0 Å². The van der Waals surface area contributed by atoms with Crippen molar-refractivity contribution in [1.29, 1.82) is 0 Å². The van der Waals surface area contributed by atoms with Crippen LogP contribution in [0.4, 0.5) is 5.69 Å². The van der Waals surface area contributed by atoms with Crippen LogP contribution >= 0.6 is 11.8 Å². The van der Waals surface area contributed by atoms with Gasteiger partial charge in [0, 0.05) is 17.2 Å². The number of nitrogens with zero attached hydrogens (tertiary/aromatic N) is 2. The highest BCUT2D eigenvalue weighted by atomic mass is 32.2. The van der Waals surface area contributed by atoms with Crippen molar-refractivity contribution in [1.82, 2.24) is 4.98 Å². The summed E-state index contributed by atoms with van der Waals surface area (Å²) in [5.74, 6) is -1.24. The van der Waals surface area contributed by atoms with Gasteiger partial charge in [-0.2, -0.15) is 0 Å². The zero-order valence-corrected chi connectivity index (χ0v) is 12.2. The number of hydrogen-bond acceptors (Lipinski definition) is 5. The van der Waals surface area contributed by atoms with E-state index in [4.69, 9.17) is 5.11 Å². The van der Waals surface area contributed by atoms with Crippen molar-refractivity contribution in [2.45, 2.75) is 23.8 Å². The number of carboxylic acid groups (broad SMARTS) is 1. The summed E-state index contributed by atoms with van der Waals surface area (Å²) in [6, 6.07) is 6.82. The second-order valence-corrected chi connectivity index (χ2v) is 5.51. The van der Waals surface area contributed by atoms with Gasteiger partial charge in [-0.25, -0.2) is 9.78 Å². The summed E-state index contributed by atoms with van der Waals surface area (Å²) in [5, 5.41) is 20.2. The quantitative estimate of drug-likeness (QED) is 0.686. The van der Waals surface area contributed by atoms with Crippen molar-refractivity contribution in [3.8, 4) is 0 Å². The summed E-state index contributed by atoms with van der Waals surface area (Å²) in [6.07, 6.45) is 1.13. The van der Waals surface area contributed by atoms with Crippen LogP contribution in [-0.2, 0) is 0 Å². The van der Waals surface area contributed by atoms with Crippen molar-refractivity contribution in [2.75, 3.05) is 0 Å². The van der Waals surface area contributed by atoms with E-state index < -0.39 is 10.9 Å². The van der Waals surface area contributed by atoms with Crippen LogP contribution in [0, 0.1) is 24.0 Å². The molecule has 108 valence electrons.